The first-order valence-corrected chi connectivity index (χ1v) is 11.5. The number of ketones is 1. The fraction of sp³-hybridized carbons (Fsp3) is 0.957. The molecule has 2 aliphatic heterocycles. The zero-order valence-electron chi connectivity index (χ0n) is 17.3. The van der Waals surface area contributed by atoms with Crippen LogP contribution in [0.1, 0.15) is 65.2 Å². The maximum absolute atomic E-state index is 13.5. The molecule has 0 amide bonds. The lowest BCUT2D eigenvalue weighted by Gasteiger charge is -2.61. The summed E-state index contributed by atoms with van der Waals surface area (Å²) in [7, 11) is 0. The molecule has 2 heterocycles. The van der Waals surface area contributed by atoms with Gasteiger partial charge < -0.3 is 18.9 Å². The van der Waals surface area contributed by atoms with Crippen LogP contribution in [0.3, 0.4) is 0 Å². The van der Waals surface area contributed by atoms with E-state index in [9.17, 15) is 4.79 Å². The van der Waals surface area contributed by atoms with Crippen LogP contribution in [0, 0.1) is 34.5 Å². The molecule has 0 aromatic rings. The first-order valence-electron chi connectivity index (χ1n) is 11.5. The zero-order valence-corrected chi connectivity index (χ0v) is 17.3. The van der Waals surface area contributed by atoms with Crippen LogP contribution in [0.15, 0.2) is 0 Å². The molecule has 0 N–H and O–H groups in total. The van der Waals surface area contributed by atoms with Gasteiger partial charge in [-0.3, -0.25) is 4.79 Å². The van der Waals surface area contributed by atoms with Crippen molar-refractivity contribution in [2.24, 2.45) is 34.5 Å². The fourth-order valence-electron chi connectivity index (χ4n) is 8.62. The Kier molecular flexibility index (Phi) is 3.79. The van der Waals surface area contributed by atoms with E-state index in [0.29, 0.717) is 36.8 Å². The minimum absolute atomic E-state index is 0.0572. The molecule has 0 radical (unpaired) electrons. The molecule has 5 nitrogen and oxygen atoms in total. The molecule has 2 spiro atoms. The van der Waals surface area contributed by atoms with E-state index in [1.165, 1.54) is 6.42 Å². The molecule has 5 heteroatoms. The number of carbonyl (C=O) groups excluding carboxylic acids is 1. The molecule has 2 saturated heterocycles. The van der Waals surface area contributed by atoms with Crippen molar-refractivity contribution in [3.63, 3.8) is 0 Å². The summed E-state index contributed by atoms with van der Waals surface area (Å²) in [4.78, 5) is 13.5. The number of rotatable bonds is 0. The molecule has 0 aromatic carbocycles. The Morgan fingerprint density at radius 1 is 0.821 bits per heavy atom. The van der Waals surface area contributed by atoms with Gasteiger partial charge in [0.25, 0.3) is 0 Å². The minimum atomic E-state index is -0.473. The molecule has 6 atom stereocenters. The summed E-state index contributed by atoms with van der Waals surface area (Å²) in [6.07, 6.45) is 7.98. The van der Waals surface area contributed by atoms with Gasteiger partial charge in [-0.15, -0.1) is 0 Å². The second-order valence-corrected chi connectivity index (χ2v) is 10.9. The summed E-state index contributed by atoms with van der Waals surface area (Å²) < 4.78 is 24.5. The zero-order chi connectivity index (χ0) is 19.2. The van der Waals surface area contributed by atoms with Crippen molar-refractivity contribution in [2.45, 2.75) is 76.8 Å². The number of ether oxygens (including phenoxy) is 4. The van der Waals surface area contributed by atoms with Crippen LogP contribution in [0.25, 0.3) is 0 Å². The third kappa shape index (κ3) is 2.15. The molecule has 4 saturated carbocycles. The predicted molar refractivity (Wildman–Crippen MR) is 101 cm³/mol. The molecule has 156 valence electrons. The van der Waals surface area contributed by atoms with Gasteiger partial charge in [-0.25, -0.2) is 0 Å². The van der Waals surface area contributed by atoms with Gasteiger partial charge in [0, 0.05) is 37.0 Å². The maximum atomic E-state index is 13.5. The van der Waals surface area contributed by atoms with Crippen molar-refractivity contribution < 1.29 is 23.7 Å². The number of fused-ring (bicyclic) bond motifs is 6. The smallest absolute Gasteiger partial charge is 0.174 e. The van der Waals surface area contributed by atoms with E-state index in [-0.39, 0.29) is 22.5 Å². The second kappa shape index (κ2) is 5.81. The highest BCUT2D eigenvalue weighted by molar-refractivity contribution is 5.83. The Bertz CT molecular complexity index is 678. The normalized spacial score (nSPS) is 51.3. The highest BCUT2D eigenvalue weighted by Crippen LogP contribution is 2.69. The lowest BCUT2D eigenvalue weighted by atomic mass is 9.44. The molecule has 0 bridgehead atoms. The lowest BCUT2D eigenvalue weighted by molar-refractivity contribution is -0.254. The van der Waals surface area contributed by atoms with Crippen molar-refractivity contribution in [3.05, 3.63) is 0 Å². The Balaban J connectivity index is 1.31. The third-order valence-corrected chi connectivity index (χ3v) is 10.1. The first-order chi connectivity index (χ1) is 13.4. The largest absolute Gasteiger partial charge is 0.348 e. The van der Waals surface area contributed by atoms with Crippen LogP contribution in [0.5, 0.6) is 0 Å². The number of hydrogen-bond acceptors (Lipinski definition) is 5. The van der Waals surface area contributed by atoms with Gasteiger partial charge in [0.05, 0.1) is 26.4 Å². The standard InChI is InChI=1S/C23H34O5/c1-20-7-8-22(25-9-10-26-22)14-18(20)19(24)13-15-16(20)3-5-21(2)17(15)4-6-23(21)27-11-12-28-23/h15-18H,3-14H2,1-2H3/t15?,16?,17?,18-,20-,21+/m1/s1. The average molecular weight is 391 g/mol. The maximum Gasteiger partial charge on any atom is 0.174 e. The first kappa shape index (κ1) is 18.3. The third-order valence-electron chi connectivity index (χ3n) is 10.1. The average Bonchev–Trinajstić information content (AvgIpc) is 3.39. The van der Waals surface area contributed by atoms with Crippen molar-refractivity contribution >= 4 is 5.78 Å². The molecule has 6 fully saturated rings. The van der Waals surface area contributed by atoms with E-state index < -0.39 is 5.79 Å². The van der Waals surface area contributed by atoms with Gasteiger partial charge in [-0.2, -0.15) is 0 Å². The molecule has 6 rings (SSSR count). The van der Waals surface area contributed by atoms with E-state index in [4.69, 9.17) is 18.9 Å². The van der Waals surface area contributed by atoms with E-state index in [2.05, 4.69) is 13.8 Å². The number of carbonyl (C=O) groups is 1. The predicted octanol–water partition coefficient (Wildman–Crippen LogP) is 3.69. The molecular weight excluding hydrogens is 356 g/mol. The molecule has 4 aliphatic carbocycles. The van der Waals surface area contributed by atoms with Gasteiger partial charge in [-0.1, -0.05) is 13.8 Å². The molecule has 28 heavy (non-hydrogen) atoms. The van der Waals surface area contributed by atoms with Crippen molar-refractivity contribution in [1.29, 1.82) is 0 Å². The Morgan fingerprint density at radius 3 is 2.25 bits per heavy atom. The molecular formula is C23H34O5. The van der Waals surface area contributed by atoms with Crippen LogP contribution in [-0.2, 0) is 23.7 Å². The Labute approximate surface area is 167 Å². The van der Waals surface area contributed by atoms with Crippen LogP contribution in [0.4, 0.5) is 0 Å². The molecule has 3 unspecified atom stereocenters. The molecule has 0 aromatic heterocycles. The summed E-state index contributed by atoms with van der Waals surface area (Å²) in [6.45, 7) is 7.58. The van der Waals surface area contributed by atoms with Crippen LogP contribution < -0.4 is 0 Å². The summed E-state index contributed by atoms with van der Waals surface area (Å²) in [5.74, 6) is 1.35. The second-order valence-electron chi connectivity index (χ2n) is 10.9. The van der Waals surface area contributed by atoms with E-state index >= 15 is 0 Å². The Hall–Kier alpha value is -0.490. The topological polar surface area (TPSA) is 54.0 Å². The highest BCUT2D eigenvalue weighted by atomic mass is 16.7. The van der Waals surface area contributed by atoms with Crippen molar-refractivity contribution in [3.8, 4) is 0 Å². The van der Waals surface area contributed by atoms with Crippen LogP contribution in [-0.4, -0.2) is 43.8 Å². The van der Waals surface area contributed by atoms with E-state index in [0.717, 1.165) is 58.2 Å². The number of Topliss-reactive ketones (excluding diaryl/α,β-unsaturated/α-hetero) is 1. The van der Waals surface area contributed by atoms with E-state index in [1.807, 2.05) is 0 Å². The SMILES string of the molecule is C[C@]12CCC3C(CC(=O)[C@H]4CC5(CC[C@]34C)OCCO5)C1CCC21OCCO1. The van der Waals surface area contributed by atoms with Gasteiger partial charge in [0.1, 0.15) is 5.78 Å². The fourth-order valence-corrected chi connectivity index (χ4v) is 8.62. The monoisotopic (exact) mass is 390 g/mol. The van der Waals surface area contributed by atoms with Gasteiger partial charge in [0.15, 0.2) is 11.6 Å². The summed E-state index contributed by atoms with van der Waals surface area (Å²) in [6, 6.07) is 0. The summed E-state index contributed by atoms with van der Waals surface area (Å²) >= 11 is 0. The summed E-state index contributed by atoms with van der Waals surface area (Å²) in [5.41, 5.74) is 0.150. The number of hydrogen-bond donors (Lipinski definition) is 0. The Morgan fingerprint density at radius 2 is 1.50 bits per heavy atom. The van der Waals surface area contributed by atoms with Gasteiger partial charge in [-0.05, 0) is 48.9 Å². The van der Waals surface area contributed by atoms with Crippen molar-refractivity contribution in [2.75, 3.05) is 26.4 Å². The lowest BCUT2D eigenvalue weighted by Crippen LogP contribution is -2.60. The van der Waals surface area contributed by atoms with Crippen molar-refractivity contribution in [1.82, 2.24) is 0 Å². The van der Waals surface area contributed by atoms with Gasteiger partial charge >= 0.3 is 0 Å². The minimum Gasteiger partial charge on any atom is -0.348 e. The van der Waals surface area contributed by atoms with Gasteiger partial charge in [0.2, 0.25) is 0 Å². The van der Waals surface area contributed by atoms with Crippen LogP contribution >= 0.6 is 0 Å². The quantitative estimate of drug-likeness (QED) is 0.631. The molecule has 6 aliphatic rings. The van der Waals surface area contributed by atoms with Crippen LogP contribution in [0.2, 0.25) is 0 Å². The van der Waals surface area contributed by atoms with E-state index in [1.54, 1.807) is 0 Å². The summed E-state index contributed by atoms with van der Waals surface area (Å²) in [5, 5.41) is 0. The highest BCUT2D eigenvalue weighted by Gasteiger charge is 2.69.